The van der Waals surface area contributed by atoms with Gasteiger partial charge >= 0.3 is 0 Å². The molecule has 8 heteroatoms. The zero-order valence-electron chi connectivity index (χ0n) is 15.7. The Labute approximate surface area is 169 Å². The molecule has 6 nitrogen and oxygen atoms in total. The van der Waals surface area contributed by atoms with Gasteiger partial charge in [0.05, 0.1) is 10.7 Å². The molecular weight excluding hydrogens is 377 g/mol. The summed E-state index contributed by atoms with van der Waals surface area (Å²) in [5, 5.41) is 0.402. The molecular formula is C20H21BClN3O3. The van der Waals surface area contributed by atoms with Gasteiger partial charge in [0.2, 0.25) is 11.8 Å². The van der Waals surface area contributed by atoms with Gasteiger partial charge in [-0.05, 0) is 43.3 Å². The summed E-state index contributed by atoms with van der Waals surface area (Å²) in [4.78, 5) is 31.2. The molecule has 0 spiro atoms. The van der Waals surface area contributed by atoms with Crippen molar-refractivity contribution in [1.29, 1.82) is 0 Å². The Kier molecular flexibility index (Phi) is 5.02. The van der Waals surface area contributed by atoms with Crippen LogP contribution in [0.5, 0.6) is 11.5 Å². The lowest BCUT2D eigenvalue weighted by Gasteiger charge is -2.21. The van der Waals surface area contributed by atoms with E-state index in [1.54, 1.807) is 30.5 Å². The van der Waals surface area contributed by atoms with Crippen molar-refractivity contribution in [2.24, 2.45) is 11.8 Å². The molecule has 0 unspecified atom stereocenters. The Morgan fingerprint density at radius 3 is 2.36 bits per heavy atom. The third-order valence-corrected chi connectivity index (χ3v) is 5.36. The van der Waals surface area contributed by atoms with Crippen LogP contribution in [0.3, 0.4) is 0 Å². The van der Waals surface area contributed by atoms with E-state index in [0.717, 1.165) is 31.1 Å². The Balaban J connectivity index is 1.68. The number of pyridine rings is 1. The molecule has 1 aromatic heterocycles. The number of halogens is 1. The fraction of sp³-hybridized carbons (Fsp3) is 0.350. The number of rotatable bonds is 6. The number of nitrogen functional groups attached to an aromatic ring is 1. The SMILES string of the molecule is CBc1cnc(N(C(=O)C2CC2)C(=O)C2CC2)cc1Oc1ccc(N)c(Cl)c1. The summed E-state index contributed by atoms with van der Waals surface area (Å²) in [6.45, 7) is 1.99. The van der Waals surface area contributed by atoms with Crippen LogP contribution in [0, 0.1) is 11.8 Å². The first kappa shape index (κ1) is 18.8. The van der Waals surface area contributed by atoms with Crippen LogP contribution in [0.25, 0.3) is 0 Å². The van der Waals surface area contributed by atoms with Crippen molar-refractivity contribution < 1.29 is 14.3 Å². The van der Waals surface area contributed by atoms with E-state index in [-0.39, 0.29) is 23.7 Å². The molecule has 0 bridgehead atoms. The number of benzene rings is 1. The van der Waals surface area contributed by atoms with Gasteiger partial charge < -0.3 is 10.5 Å². The van der Waals surface area contributed by atoms with Gasteiger partial charge in [0, 0.05) is 30.2 Å². The molecule has 2 aliphatic carbocycles. The summed E-state index contributed by atoms with van der Waals surface area (Å²) in [5.74, 6) is 0.934. The molecule has 2 saturated carbocycles. The average Bonchev–Trinajstić information content (AvgIpc) is 3.57. The van der Waals surface area contributed by atoms with Crippen LogP contribution in [-0.4, -0.2) is 24.1 Å². The first-order valence-corrected chi connectivity index (χ1v) is 9.95. The Morgan fingerprint density at radius 1 is 1.18 bits per heavy atom. The van der Waals surface area contributed by atoms with Crippen LogP contribution < -0.4 is 20.8 Å². The zero-order chi connectivity index (χ0) is 19.8. The van der Waals surface area contributed by atoms with Crippen LogP contribution in [-0.2, 0) is 9.59 Å². The molecule has 2 aromatic rings. The van der Waals surface area contributed by atoms with E-state index in [1.807, 2.05) is 6.82 Å². The van der Waals surface area contributed by atoms with Crippen LogP contribution in [0.2, 0.25) is 11.8 Å². The van der Waals surface area contributed by atoms with Gasteiger partial charge in [0.25, 0.3) is 0 Å². The predicted octanol–water partition coefficient (Wildman–Crippen LogP) is 2.90. The zero-order valence-corrected chi connectivity index (χ0v) is 16.4. The number of carbonyl (C=O) groups is 2. The molecule has 0 radical (unpaired) electrons. The Bertz CT molecular complexity index is 920. The van der Waals surface area contributed by atoms with Gasteiger partial charge in [-0.2, -0.15) is 0 Å². The van der Waals surface area contributed by atoms with Crippen LogP contribution >= 0.6 is 11.6 Å². The molecule has 2 aliphatic rings. The van der Waals surface area contributed by atoms with Gasteiger partial charge in [0.1, 0.15) is 17.3 Å². The van der Waals surface area contributed by atoms with Crippen LogP contribution in [0.15, 0.2) is 30.5 Å². The van der Waals surface area contributed by atoms with Crippen molar-refractivity contribution in [3.63, 3.8) is 0 Å². The molecule has 2 amide bonds. The second kappa shape index (κ2) is 7.47. The van der Waals surface area contributed by atoms with Crippen molar-refractivity contribution in [2.45, 2.75) is 32.5 Å². The summed E-state index contributed by atoms with van der Waals surface area (Å²) in [7, 11) is 0.693. The minimum Gasteiger partial charge on any atom is -0.458 e. The molecule has 2 N–H and O–H groups in total. The fourth-order valence-corrected chi connectivity index (χ4v) is 3.17. The van der Waals surface area contributed by atoms with E-state index >= 15 is 0 Å². The van der Waals surface area contributed by atoms with E-state index in [0.29, 0.717) is 35.3 Å². The number of ether oxygens (including phenoxy) is 1. The second-order valence-corrected chi connectivity index (χ2v) is 7.76. The van der Waals surface area contributed by atoms with E-state index in [9.17, 15) is 9.59 Å². The number of hydrogen-bond acceptors (Lipinski definition) is 5. The van der Waals surface area contributed by atoms with Crippen molar-refractivity contribution in [2.75, 3.05) is 10.6 Å². The second-order valence-electron chi connectivity index (χ2n) is 7.35. The van der Waals surface area contributed by atoms with Gasteiger partial charge in [0.15, 0.2) is 7.28 Å². The summed E-state index contributed by atoms with van der Waals surface area (Å²) in [5.41, 5.74) is 7.10. The molecule has 0 saturated heterocycles. The highest BCUT2D eigenvalue weighted by atomic mass is 35.5. The molecule has 1 heterocycles. The Hall–Kier alpha value is -2.54. The number of nitrogens with two attached hydrogens (primary N) is 1. The lowest BCUT2D eigenvalue weighted by Crippen LogP contribution is -2.40. The molecule has 28 heavy (non-hydrogen) atoms. The van der Waals surface area contributed by atoms with Crippen molar-refractivity contribution in [1.82, 2.24) is 4.98 Å². The van der Waals surface area contributed by atoms with Crippen LogP contribution in [0.1, 0.15) is 25.7 Å². The minimum atomic E-state index is -0.157. The first-order valence-electron chi connectivity index (χ1n) is 9.57. The highest BCUT2D eigenvalue weighted by Gasteiger charge is 2.42. The summed E-state index contributed by atoms with van der Waals surface area (Å²) < 4.78 is 6.01. The summed E-state index contributed by atoms with van der Waals surface area (Å²) >= 11 is 6.09. The van der Waals surface area contributed by atoms with Crippen molar-refractivity contribution in [3.8, 4) is 11.5 Å². The molecule has 4 rings (SSSR count). The number of anilines is 2. The highest BCUT2D eigenvalue weighted by molar-refractivity contribution is 6.53. The predicted molar refractivity (Wildman–Crippen MR) is 111 cm³/mol. The number of nitrogens with zero attached hydrogens (tertiary/aromatic N) is 2. The van der Waals surface area contributed by atoms with Crippen LogP contribution in [0.4, 0.5) is 11.5 Å². The van der Waals surface area contributed by atoms with E-state index in [2.05, 4.69) is 4.98 Å². The maximum Gasteiger partial charge on any atom is 0.238 e. The van der Waals surface area contributed by atoms with Crippen molar-refractivity contribution >= 4 is 47.7 Å². The Morgan fingerprint density at radius 2 is 1.82 bits per heavy atom. The first-order chi connectivity index (χ1) is 13.5. The van der Waals surface area contributed by atoms with Gasteiger partial charge in [-0.15, -0.1) is 0 Å². The molecule has 144 valence electrons. The van der Waals surface area contributed by atoms with E-state index in [1.165, 1.54) is 4.90 Å². The number of amides is 2. The fourth-order valence-electron chi connectivity index (χ4n) is 3.00. The lowest BCUT2D eigenvalue weighted by molar-refractivity contribution is -0.127. The number of carbonyl (C=O) groups excluding carboxylic acids is 2. The average molecular weight is 398 g/mol. The maximum atomic E-state index is 12.8. The molecule has 1 aromatic carbocycles. The van der Waals surface area contributed by atoms with Gasteiger partial charge in [-0.1, -0.05) is 18.4 Å². The monoisotopic (exact) mass is 397 g/mol. The molecule has 2 fully saturated rings. The van der Waals surface area contributed by atoms with Crippen molar-refractivity contribution in [3.05, 3.63) is 35.5 Å². The number of aromatic nitrogens is 1. The third kappa shape index (κ3) is 3.85. The highest BCUT2D eigenvalue weighted by Crippen LogP contribution is 2.38. The molecule has 0 aliphatic heterocycles. The molecule has 0 atom stereocenters. The quantitative estimate of drug-likeness (QED) is 0.460. The number of hydrogen-bond donors (Lipinski definition) is 1. The third-order valence-electron chi connectivity index (χ3n) is 5.03. The normalized spacial score (nSPS) is 15.8. The van der Waals surface area contributed by atoms with Gasteiger partial charge in [-0.3, -0.25) is 9.59 Å². The minimum absolute atomic E-state index is 0.0735. The topological polar surface area (TPSA) is 85.5 Å². The number of imide groups is 1. The largest absolute Gasteiger partial charge is 0.458 e. The summed E-state index contributed by atoms with van der Waals surface area (Å²) in [6.07, 6.45) is 4.97. The smallest absolute Gasteiger partial charge is 0.238 e. The standard InChI is InChI=1S/C20H21BClN3O3/c1-21-14-10-24-18(9-17(14)28-13-6-7-16(23)15(22)8-13)25(19(26)11-2-3-11)20(27)12-4-5-12/h6-12,21H,2-5,23H2,1H3. The lowest BCUT2D eigenvalue weighted by atomic mass is 9.74. The summed E-state index contributed by atoms with van der Waals surface area (Å²) in [6, 6.07) is 6.71. The maximum absolute atomic E-state index is 12.8. The van der Waals surface area contributed by atoms with E-state index < -0.39 is 0 Å². The van der Waals surface area contributed by atoms with Gasteiger partial charge in [-0.25, -0.2) is 9.88 Å². The van der Waals surface area contributed by atoms with E-state index in [4.69, 9.17) is 22.1 Å².